The van der Waals surface area contributed by atoms with Crippen LogP contribution in [0.4, 0.5) is 10.5 Å². The first-order chi connectivity index (χ1) is 17.0. The number of ketones is 1. The molecule has 0 saturated heterocycles. The summed E-state index contributed by atoms with van der Waals surface area (Å²) in [5, 5.41) is 6.18. The third kappa shape index (κ3) is 3.70. The molecule has 0 spiro atoms. The number of rotatable bonds is 6. The summed E-state index contributed by atoms with van der Waals surface area (Å²) in [7, 11) is 1.62. The van der Waals surface area contributed by atoms with E-state index in [9.17, 15) is 9.59 Å². The average Bonchev–Trinajstić information content (AvgIpc) is 3.48. The molecule has 0 radical (unpaired) electrons. The van der Waals surface area contributed by atoms with Gasteiger partial charge in [-0.1, -0.05) is 24.3 Å². The number of imidazole rings is 1. The zero-order chi connectivity index (χ0) is 24.0. The van der Waals surface area contributed by atoms with Crippen LogP contribution in [0.1, 0.15) is 56.6 Å². The van der Waals surface area contributed by atoms with Crippen molar-refractivity contribution in [1.82, 2.24) is 14.9 Å². The fourth-order valence-electron chi connectivity index (χ4n) is 6.40. The minimum atomic E-state index is -0.270. The number of nitrogens with one attached hydrogen (secondary N) is 2. The molecule has 3 saturated carbocycles. The Morgan fingerprint density at radius 1 is 1.03 bits per heavy atom. The number of carbonyl (C=O) groups is 2. The zero-order valence-corrected chi connectivity index (χ0v) is 19.9. The van der Waals surface area contributed by atoms with Crippen molar-refractivity contribution in [2.75, 3.05) is 12.4 Å². The number of Topliss-reactive ketones (excluding diaryl/α,β-unsaturated/α-hetero) is 1. The zero-order valence-electron chi connectivity index (χ0n) is 19.9. The maximum Gasteiger partial charge on any atom is 0.319 e. The standard InChI is InChI=1S/C28H30N4O3/c1-35-20-8-6-19(7-9-20)30-26(34)31-28-13-10-27(11-14-28,12-15-28)25(33)16-23-21-4-2-3-5-22(21)24-17-29-18-32(23)24/h2-9,17-18,23H,10-16H2,1H3,(H2,30,31,34). The van der Waals surface area contributed by atoms with Gasteiger partial charge in [0, 0.05) is 28.6 Å². The largest absolute Gasteiger partial charge is 0.497 e. The van der Waals surface area contributed by atoms with Crippen LogP contribution in [0.15, 0.2) is 61.1 Å². The summed E-state index contributed by atoms with van der Waals surface area (Å²) >= 11 is 0. The van der Waals surface area contributed by atoms with E-state index >= 15 is 0 Å². The van der Waals surface area contributed by atoms with Gasteiger partial charge in [-0.15, -0.1) is 0 Å². The van der Waals surface area contributed by atoms with Crippen LogP contribution in [0, 0.1) is 5.41 Å². The molecule has 3 aromatic rings. The average molecular weight is 471 g/mol. The second-order valence-electron chi connectivity index (χ2n) is 10.3. The van der Waals surface area contributed by atoms with Gasteiger partial charge in [0.1, 0.15) is 11.5 Å². The normalized spacial score (nSPS) is 26.0. The smallest absolute Gasteiger partial charge is 0.319 e. The lowest BCUT2D eigenvalue weighted by molar-refractivity contribution is -0.136. The van der Waals surface area contributed by atoms with Gasteiger partial charge >= 0.3 is 6.03 Å². The van der Waals surface area contributed by atoms with Gasteiger partial charge in [-0.2, -0.15) is 0 Å². The van der Waals surface area contributed by atoms with Crippen molar-refractivity contribution in [3.8, 4) is 17.0 Å². The number of benzene rings is 2. The molecule has 1 unspecified atom stereocenters. The highest BCUT2D eigenvalue weighted by atomic mass is 16.5. The van der Waals surface area contributed by atoms with Crippen LogP contribution in [0.3, 0.4) is 0 Å². The number of ether oxygens (including phenoxy) is 1. The summed E-state index contributed by atoms with van der Waals surface area (Å²) in [6.45, 7) is 0. The van der Waals surface area contributed by atoms with E-state index in [1.54, 1.807) is 7.11 Å². The number of hydrogen-bond acceptors (Lipinski definition) is 4. The molecule has 3 aliphatic carbocycles. The second kappa shape index (κ2) is 8.26. The molecule has 7 rings (SSSR count). The molecule has 2 bridgehead atoms. The Balaban J connectivity index is 1.10. The number of nitrogens with zero attached hydrogens (tertiary/aromatic N) is 2. The summed E-state index contributed by atoms with van der Waals surface area (Å²) < 4.78 is 7.33. The van der Waals surface area contributed by atoms with Crippen LogP contribution >= 0.6 is 0 Å². The highest BCUT2D eigenvalue weighted by molar-refractivity contribution is 5.90. The first kappa shape index (κ1) is 21.9. The van der Waals surface area contributed by atoms with Crippen molar-refractivity contribution in [2.45, 2.75) is 56.5 Å². The van der Waals surface area contributed by atoms with Gasteiger partial charge in [0.05, 0.1) is 31.4 Å². The fraction of sp³-hybridized carbons (Fsp3) is 0.393. The molecule has 2 aromatic carbocycles. The van der Waals surface area contributed by atoms with Crippen LogP contribution in [-0.2, 0) is 4.79 Å². The predicted octanol–water partition coefficient (Wildman–Crippen LogP) is 5.34. The maximum atomic E-state index is 13.7. The quantitative estimate of drug-likeness (QED) is 0.510. The van der Waals surface area contributed by atoms with E-state index in [0.717, 1.165) is 55.7 Å². The number of carbonyl (C=O) groups excluding carboxylic acids is 2. The van der Waals surface area contributed by atoms with E-state index < -0.39 is 0 Å². The first-order valence-electron chi connectivity index (χ1n) is 12.4. The number of hydrogen-bond donors (Lipinski definition) is 2. The maximum absolute atomic E-state index is 13.7. The second-order valence-corrected chi connectivity index (χ2v) is 10.3. The number of anilines is 1. The van der Waals surface area contributed by atoms with Gasteiger partial charge in [-0.3, -0.25) is 4.79 Å². The van der Waals surface area contributed by atoms with E-state index in [4.69, 9.17) is 4.74 Å². The van der Waals surface area contributed by atoms with Crippen molar-refractivity contribution < 1.29 is 14.3 Å². The molecule has 2 amide bonds. The summed E-state index contributed by atoms with van der Waals surface area (Å²) in [6.07, 6.45) is 9.26. The van der Waals surface area contributed by atoms with E-state index in [1.165, 1.54) is 11.1 Å². The molecular weight excluding hydrogens is 440 g/mol. The van der Waals surface area contributed by atoms with Crippen LogP contribution in [-0.4, -0.2) is 34.0 Å². The van der Waals surface area contributed by atoms with E-state index in [-0.39, 0.29) is 23.0 Å². The van der Waals surface area contributed by atoms with E-state index in [1.807, 2.05) is 48.9 Å². The van der Waals surface area contributed by atoms with Crippen molar-refractivity contribution in [1.29, 1.82) is 0 Å². The molecule has 2 N–H and O–H groups in total. The van der Waals surface area contributed by atoms with Crippen molar-refractivity contribution in [2.24, 2.45) is 5.41 Å². The Morgan fingerprint density at radius 3 is 2.46 bits per heavy atom. The molecule has 7 heteroatoms. The molecule has 3 fully saturated rings. The molecular formula is C28H30N4O3. The topological polar surface area (TPSA) is 85.2 Å². The Labute approximate surface area is 204 Å². The van der Waals surface area contributed by atoms with Gasteiger partial charge in [0.2, 0.25) is 0 Å². The van der Waals surface area contributed by atoms with Crippen LogP contribution < -0.4 is 15.4 Å². The van der Waals surface area contributed by atoms with E-state index in [0.29, 0.717) is 12.2 Å². The van der Waals surface area contributed by atoms with Crippen LogP contribution in [0.25, 0.3) is 11.3 Å². The summed E-state index contributed by atoms with van der Waals surface area (Å²) in [5.41, 5.74) is 3.72. The molecule has 7 nitrogen and oxygen atoms in total. The molecule has 35 heavy (non-hydrogen) atoms. The lowest BCUT2D eigenvalue weighted by Gasteiger charge is -2.53. The molecule has 1 aliphatic heterocycles. The minimum Gasteiger partial charge on any atom is -0.497 e. The monoisotopic (exact) mass is 470 g/mol. The Morgan fingerprint density at radius 2 is 1.74 bits per heavy atom. The summed E-state index contributed by atoms with van der Waals surface area (Å²) in [6, 6.07) is 15.5. The SMILES string of the molecule is COc1ccc(NC(=O)NC23CCC(C(=O)CC4c5ccccc5-c5cncn54)(CC2)CC3)cc1. The molecule has 4 aliphatic rings. The summed E-state index contributed by atoms with van der Waals surface area (Å²) in [4.78, 5) is 30.8. The Bertz CT molecular complexity index is 1250. The van der Waals surface area contributed by atoms with Gasteiger partial charge in [0.15, 0.2) is 0 Å². The Hall–Kier alpha value is -3.61. The van der Waals surface area contributed by atoms with Crippen molar-refractivity contribution >= 4 is 17.5 Å². The molecule has 1 aromatic heterocycles. The molecule has 1 atom stereocenters. The summed E-state index contributed by atoms with van der Waals surface area (Å²) in [5.74, 6) is 1.11. The van der Waals surface area contributed by atoms with Gasteiger partial charge < -0.3 is 19.9 Å². The third-order valence-electron chi connectivity index (χ3n) is 8.54. The first-order valence-corrected chi connectivity index (χ1v) is 12.4. The predicted molar refractivity (Wildman–Crippen MR) is 133 cm³/mol. The van der Waals surface area contributed by atoms with Gasteiger partial charge in [0.25, 0.3) is 0 Å². The number of aromatic nitrogens is 2. The lowest BCUT2D eigenvalue weighted by atomic mass is 9.55. The van der Waals surface area contributed by atoms with Crippen LogP contribution in [0.2, 0.25) is 0 Å². The number of urea groups is 1. The van der Waals surface area contributed by atoms with E-state index in [2.05, 4.69) is 32.3 Å². The number of fused-ring (bicyclic) bond motifs is 6. The highest BCUT2D eigenvalue weighted by Crippen LogP contribution is 2.54. The van der Waals surface area contributed by atoms with Crippen molar-refractivity contribution in [3.63, 3.8) is 0 Å². The third-order valence-corrected chi connectivity index (χ3v) is 8.54. The number of methoxy groups -OCH3 is 1. The number of amides is 2. The molecule has 2 heterocycles. The van der Waals surface area contributed by atoms with Crippen molar-refractivity contribution in [3.05, 3.63) is 66.6 Å². The van der Waals surface area contributed by atoms with Gasteiger partial charge in [-0.25, -0.2) is 9.78 Å². The minimum absolute atomic E-state index is 0.0209. The van der Waals surface area contributed by atoms with Crippen LogP contribution in [0.5, 0.6) is 5.75 Å². The van der Waals surface area contributed by atoms with Gasteiger partial charge in [-0.05, 0) is 68.4 Å². The lowest BCUT2D eigenvalue weighted by Crippen LogP contribution is -2.59. The molecule has 180 valence electrons. The highest BCUT2D eigenvalue weighted by Gasteiger charge is 2.53. The Kier molecular flexibility index (Phi) is 5.16. The fourth-order valence-corrected chi connectivity index (χ4v) is 6.40.